The summed E-state index contributed by atoms with van der Waals surface area (Å²) in [5, 5.41) is 0. The summed E-state index contributed by atoms with van der Waals surface area (Å²) in [5.41, 5.74) is 4.89. The van der Waals surface area contributed by atoms with Crippen molar-refractivity contribution >= 4 is 17.8 Å². The van der Waals surface area contributed by atoms with E-state index in [0.717, 1.165) is 30.1 Å². The number of urea groups is 1. The fourth-order valence-corrected chi connectivity index (χ4v) is 1.94. The number of halogens is 1. The molecule has 4 heteroatoms. The summed E-state index contributed by atoms with van der Waals surface area (Å²) >= 11 is 5.79. The van der Waals surface area contributed by atoms with Crippen molar-refractivity contribution in [1.29, 1.82) is 0 Å². The molecule has 0 aromatic heterocycles. The summed E-state index contributed by atoms with van der Waals surface area (Å²) in [6, 6.07) is -0.541. The molecule has 1 saturated carbocycles. The summed E-state index contributed by atoms with van der Waals surface area (Å²) in [6.07, 6.45) is 5.41. The third kappa shape index (κ3) is 1.83. The van der Waals surface area contributed by atoms with E-state index in [1.165, 1.54) is 6.42 Å². The van der Waals surface area contributed by atoms with Crippen molar-refractivity contribution in [2.75, 3.05) is 0 Å². The Balaban J connectivity index is 2.62. The van der Waals surface area contributed by atoms with Crippen LogP contribution in [0.25, 0.3) is 0 Å². The molecule has 0 heterocycles. The van der Waals surface area contributed by atoms with E-state index in [1.54, 1.807) is 0 Å². The van der Waals surface area contributed by atoms with E-state index in [2.05, 4.69) is 0 Å². The minimum atomic E-state index is -0.541. The van der Waals surface area contributed by atoms with Gasteiger partial charge in [0.1, 0.15) is 0 Å². The van der Waals surface area contributed by atoms with E-state index in [0.29, 0.717) is 0 Å². The zero-order chi connectivity index (χ0) is 9.19. The first-order chi connectivity index (χ1) is 5.56. The zero-order valence-electron chi connectivity index (χ0n) is 7.35. The standard InChI is InChI=1S/C8H15ClN2O/c1-8(11(9)7(10)12)5-3-2-4-6-8/h2-6H2,1H3,(H2,10,12). The molecule has 12 heavy (non-hydrogen) atoms. The van der Waals surface area contributed by atoms with Crippen LogP contribution in [0.4, 0.5) is 4.79 Å². The number of primary amides is 1. The summed E-state index contributed by atoms with van der Waals surface area (Å²) in [4.78, 5) is 10.8. The Labute approximate surface area is 78.0 Å². The molecule has 0 bridgehead atoms. The van der Waals surface area contributed by atoms with Crippen molar-refractivity contribution in [1.82, 2.24) is 4.42 Å². The smallest absolute Gasteiger partial charge is 0.329 e. The third-order valence-corrected chi connectivity index (χ3v) is 3.17. The normalized spacial score (nSPS) is 21.8. The Morgan fingerprint density at radius 1 is 1.42 bits per heavy atom. The predicted octanol–water partition coefficient (Wildman–Crippen LogP) is 2.24. The van der Waals surface area contributed by atoms with E-state index >= 15 is 0 Å². The molecule has 1 aliphatic rings. The predicted molar refractivity (Wildman–Crippen MR) is 48.8 cm³/mol. The molecule has 0 atom stereocenters. The maximum Gasteiger partial charge on any atom is 0.329 e. The summed E-state index contributed by atoms with van der Waals surface area (Å²) < 4.78 is 1.16. The molecule has 0 spiro atoms. The monoisotopic (exact) mass is 190 g/mol. The Hall–Kier alpha value is -0.440. The van der Waals surface area contributed by atoms with Gasteiger partial charge in [-0.05, 0) is 19.8 Å². The topological polar surface area (TPSA) is 46.3 Å². The molecular formula is C8H15ClN2O. The molecule has 0 unspecified atom stereocenters. The lowest BCUT2D eigenvalue weighted by Gasteiger charge is -2.38. The van der Waals surface area contributed by atoms with Crippen LogP contribution < -0.4 is 5.73 Å². The maximum atomic E-state index is 10.8. The molecule has 1 fully saturated rings. The number of rotatable bonds is 1. The third-order valence-electron chi connectivity index (χ3n) is 2.60. The molecule has 2 N–H and O–H groups in total. The van der Waals surface area contributed by atoms with Gasteiger partial charge >= 0.3 is 6.03 Å². The van der Waals surface area contributed by atoms with Gasteiger partial charge in [-0.1, -0.05) is 19.3 Å². The molecule has 2 amide bonds. The van der Waals surface area contributed by atoms with Crippen molar-refractivity contribution in [2.45, 2.75) is 44.6 Å². The van der Waals surface area contributed by atoms with Crippen LogP contribution in [0, 0.1) is 0 Å². The minimum Gasteiger partial charge on any atom is -0.350 e. The molecule has 0 aromatic carbocycles. The Morgan fingerprint density at radius 2 is 1.92 bits per heavy atom. The lowest BCUT2D eigenvalue weighted by molar-refractivity contribution is 0.160. The second kappa shape index (κ2) is 3.52. The molecule has 1 aliphatic carbocycles. The number of carbonyl (C=O) groups is 1. The lowest BCUT2D eigenvalue weighted by Crippen LogP contribution is -2.47. The number of amides is 2. The van der Waals surface area contributed by atoms with Crippen molar-refractivity contribution < 1.29 is 4.79 Å². The number of carbonyl (C=O) groups excluding carboxylic acids is 1. The fraction of sp³-hybridized carbons (Fsp3) is 0.875. The van der Waals surface area contributed by atoms with E-state index in [4.69, 9.17) is 17.5 Å². The van der Waals surface area contributed by atoms with Crippen LogP contribution in [-0.2, 0) is 0 Å². The second-order valence-electron chi connectivity index (χ2n) is 3.68. The van der Waals surface area contributed by atoms with Gasteiger partial charge in [-0.3, -0.25) is 0 Å². The Morgan fingerprint density at radius 3 is 2.33 bits per heavy atom. The van der Waals surface area contributed by atoms with Crippen LogP contribution in [0.5, 0.6) is 0 Å². The molecule has 0 aromatic rings. The van der Waals surface area contributed by atoms with Gasteiger partial charge in [0.15, 0.2) is 0 Å². The largest absolute Gasteiger partial charge is 0.350 e. The lowest BCUT2D eigenvalue weighted by atomic mass is 9.83. The van der Waals surface area contributed by atoms with Gasteiger partial charge in [0, 0.05) is 11.8 Å². The number of nitrogens with two attached hydrogens (primary N) is 1. The van der Waals surface area contributed by atoms with E-state index in [9.17, 15) is 4.79 Å². The van der Waals surface area contributed by atoms with Crippen molar-refractivity contribution in [3.63, 3.8) is 0 Å². The quantitative estimate of drug-likeness (QED) is 0.634. The molecular weight excluding hydrogens is 176 g/mol. The van der Waals surface area contributed by atoms with Gasteiger partial charge in [0.25, 0.3) is 0 Å². The van der Waals surface area contributed by atoms with Gasteiger partial charge in [-0.15, -0.1) is 0 Å². The highest BCUT2D eigenvalue weighted by Crippen LogP contribution is 2.34. The second-order valence-corrected chi connectivity index (χ2v) is 4.01. The van der Waals surface area contributed by atoms with Gasteiger partial charge < -0.3 is 5.73 Å². The van der Waals surface area contributed by atoms with Gasteiger partial charge in [0.2, 0.25) is 0 Å². The van der Waals surface area contributed by atoms with Crippen LogP contribution in [0.3, 0.4) is 0 Å². The SMILES string of the molecule is CC1(N(Cl)C(N)=O)CCCCC1. The minimum absolute atomic E-state index is 0.217. The molecule has 0 aliphatic heterocycles. The van der Waals surface area contributed by atoms with Crippen molar-refractivity contribution in [3.8, 4) is 0 Å². The maximum absolute atomic E-state index is 10.8. The highest BCUT2D eigenvalue weighted by molar-refractivity contribution is 6.21. The molecule has 3 nitrogen and oxygen atoms in total. The van der Waals surface area contributed by atoms with E-state index < -0.39 is 6.03 Å². The fourth-order valence-electron chi connectivity index (χ4n) is 1.78. The first kappa shape index (κ1) is 9.65. The highest BCUT2D eigenvalue weighted by Gasteiger charge is 2.34. The van der Waals surface area contributed by atoms with Crippen molar-refractivity contribution in [3.05, 3.63) is 0 Å². The molecule has 70 valence electrons. The van der Waals surface area contributed by atoms with Crippen LogP contribution in [0.15, 0.2) is 0 Å². The zero-order valence-corrected chi connectivity index (χ0v) is 8.10. The van der Waals surface area contributed by atoms with E-state index in [1.807, 2.05) is 6.92 Å². The molecule has 1 rings (SSSR count). The average molecular weight is 191 g/mol. The number of hydrogen-bond acceptors (Lipinski definition) is 1. The Kier molecular flexibility index (Phi) is 2.83. The van der Waals surface area contributed by atoms with Gasteiger partial charge in [0.05, 0.1) is 5.54 Å². The first-order valence-corrected chi connectivity index (χ1v) is 4.65. The Bertz CT molecular complexity index is 178. The first-order valence-electron chi connectivity index (χ1n) is 4.32. The van der Waals surface area contributed by atoms with Crippen LogP contribution in [0.1, 0.15) is 39.0 Å². The van der Waals surface area contributed by atoms with E-state index in [-0.39, 0.29) is 5.54 Å². The average Bonchev–Trinajstić information content (AvgIpc) is 2.04. The molecule has 0 saturated heterocycles. The molecule has 0 radical (unpaired) electrons. The van der Waals surface area contributed by atoms with Crippen molar-refractivity contribution in [2.24, 2.45) is 5.73 Å². The summed E-state index contributed by atoms with van der Waals surface area (Å²) in [6.45, 7) is 1.99. The number of hydrogen-bond donors (Lipinski definition) is 1. The van der Waals surface area contributed by atoms with Crippen LogP contribution >= 0.6 is 11.8 Å². The number of nitrogens with zero attached hydrogens (tertiary/aromatic N) is 1. The highest BCUT2D eigenvalue weighted by atomic mass is 35.5. The van der Waals surface area contributed by atoms with Gasteiger partial charge in [-0.25, -0.2) is 9.21 Å². The summed E-state index contributed by atoms with van der Waals surface area (Å²) in [5.74, 6) is 0. The van der Waals surface area contributed by atoms with Crippen LogP contribution in [-0.4, -0.2) is 16.0 Å². The summed E-state index contributed by atoms with van der Waals surface area (Å²) in [7, 11) is 0. The van der Waals surface area contributed by atoms with Gasteiger partial charge in [-0.2, -0.15) is 0 Å². The van der Waals surface area contributed by atoms with Crippen LogP contribution in [0.2, 0.25) is 0 Å².